The van der Waals surface area contributed by atoms with Crippen LogP contribution in [0.15, 0.2) is 54.6 Å². The predicted molar refractivity (Wildman–Crippen MR) is 83.5 cm³/mol. The van der Waals surface area contributed by atoms with Gasteiger partial charge < -0.3 is 5.32 Å². The molecule has 108 valence electrons. The number of rotatable bonds is 5. The van der Waals surface area contributed by atoms with Gasteiger partial charge in [-0.2, -0.15) is 0 Å². The van der Waals surface area contributed by atoms with Crippen LogP contribution in [0.2, 0.25) is 0 Å². The minimum atomic E-state index is -0.204. The fraction of sp³-hybridized carbons (Fsp3) is 0.222. The van der Waals surface area contributed by atoms with E-state index in [2.05, 4.69) is 5.32 Å². The molecule has 2 aromatic rings. The van der Waals surface area contributed by atoms with Gasteiger partial charge in [-0.15, -0.1) is 0 Å². The van der Waals surface area contributed by atoms with Gasteiger partial charge in [-0.05, 0) is 19.4 Å². The molecule has 21 heavy (non-hydrogen) atoms. The summed E-state index contributed by atoms with van der Waals surface area (Å²) >= 11 is 0. The quantitative estimate of drug-likeness (QED) is 0.853. The standard InChI is InChI=1S/C18H19NO2/c1-3-13(2)19-18(21)16-12-8-7-11-15(16)17(20)14-9-5-4-6-10-14/h4-13H,3H2,1-2H3,(H,19,21)/t13-/m1/s1. The van der Waals surface area contributed by atoms with E-state index in [1.54, 1.807) is 36.4 Å². The highest BCUT2D eigenvalue weighted by Gasteiger charge is 2.18. The third kappa shape index (κ3) is 3.57. The second kappa shape index (κ2) is 6.84. The van der Waals surface area contributed by atoms with Crippen LogP contribution in [-0.4, -0.2) is 17.7 Å². The first kappa shape index (κ1) is 15.0. The fourth-order valence-electron chi connectivity index (χ4n) is 2.03. The van der Waals surface area contributed by atoms with Crippen LogP contribution in [0, 0.1) is 0 Å². The first-order valence-corrected chi connectivity index (χ1v) is 7.13. The van der Waals surface area contributed by atoms with Crippen LogP contribution in [0.3, 0.4) is 0 Å². The zero-order valence-electron chi connectivity index (χ0n) is 12.3. The number of hydrogen-bond donors (Lipinski definition) is 1. The molecule has 1 amide bonds. The Bertz CT molecular complexity index is 635. The van der Waals surface area contributed by atoms with Crippen molar-refractivity contribution < 1.29 is 9.59 Å². The molecule has 0 aliphatic rings. The average molecular weight is 281 g/mol. The number of ketones is 1. The zero-order valence-corrected chi connectivity index (χ0v) is 12.3. The molecule has 0 aliphatic heterocycles. The molecule has 1 N–H and O–H groups in total. The number of amides is 1. The zero-order chi connectivity index (χ0) is 15.2. The summed E-state index contributed by atoms with van der Waals surface area (Å²) in [6.07, 6.45) is 0.848. The van der Waals surface area contributed by atoms with Gasteiger partial charge in [0.25, 0.3) is 5.91 Å². The van der Waals surface area contributed by atoms with Crippen LogP contribution >= 0.6 is 0 Å². The van der Waals surface area contributed by atoms with Gasteiger partial charge in [-0.1, -0.05) is 55.5 Å². The molecule has 0 saturated carbocycles. The Morgan fingerprint density at radius 2 is 1.52 bits per heavy atom. The highest BCUT2D eigenvalue weighted by Crippen LogP contribution is 2.15. The molecule has 0 radical (unpaired) electrons. The molecule has 1 atom stereocenters. The van der Waals surface area contributed by atoms with Crippen LogP contribution in [0.25, 0.3) is 0 Å². The molecule has 2 aromatic carbocycles. The molecule has 0 unspecified atom stereocenters. The lowest BCUT2D eigenvalue weighted by atomic mass is 9.98. The molecule has 3 nitrogen and oxygen atoms in total. The summed E-state index contributed by atoms with van der Waals surface area (Å²) in [5.41, 5.74) is 1.44. The maximum absolute atomic E-state index is 12.5. The average Bonchev–Trinajstić information content (AvgIpc) is 2.54. The van der Waals surface area contributed by atoms with Crippen molar-refractivity contribution in [2.45, 2.75) is 26.3 Å². The van der Waals surface area contributed by atoms with Crippen LogP contribution in [0.1, 0.15) is 46.5 Å². The smallest absolute Gasteiger partial charge is 0.252 e. The Labute approximate surface area is 125 Å². The highest BCUT2D eigenvalue weighted by atomic mass is 16.2. The van der Waals surface area contributed by atoms with Crippen molar-refractivity contribution in [2.24, 2.45) is 0 Å². The normalized spacial score (nSPS) is 11.7. The summed E-state index contributed by atoms with van der Waals surface area (Å²) < 4.78 is 0. The minimum absolute atomic E-state index is 0.0809. The van der Waals surface area contributed by atoms with Gasteiger partial charge in [0.2, 0.25) is 0 Å². The van der Waals surface area contributed by atoms with E-state index in [0.29, 0.717) is 16.7 Å². The number of carbonyl (C=O) groups is 2. The third-order valence-electron chi connectivity index (χ3n) is 3.44. The van der Waals surface area contributed by atoms with Crippen molar-refractivity contribution in [3.8, 4) is 0 Å². The molecule has 0 heterocycles. The van der Waals surface area contributed by atoms with Crippen molar-refractivity contribution in [1.29, 1.82) is 0 Å². The van der Waals surface area contributed by atoms with E-state index in [1.165, 1.54) is 0 Å². The second-order valence-corrected chi connectivity index (χ2v) is 5.02. The Hall–Kier alpha value is -2.42. The van der Waals surface area contributed by atoms with Gasteiger partial charge in [0.15, 0.2) is 5.78 Å². The third-order valence-corrected chi connectivity index (χ3v) is 3.44. The van der Waals surface area contributed by atoms with Crippen molar-refractivity contribution in [3.05, 3.63) is 71.3 Å². The van der Waals surface area contributed by atoms with E-state index in [1.807, 2.05) is 32.0 Å². The summed E-state index contributed by atoms with van der Waals surface area (Å²) in [4.78, 5) is 24.9. The molecule has 3 heteroatoms. The van der Waals surface area contributed by atoms with E-state index in [-0.39, 0.29) is 17.7 Å². The van der Waals surface area contributed by atoms with Crippen molar-refractivity contribution >= 4 is 11.7 Å². The second-order valence-electron chi connectivity index (χ2n) is 5.02. The Morgan fingerprint density at radius 1 is 0.952 bits per heavy atom. The van der Waals surface area contributed by atoms with Crippen LogP contribution in [0.5, 0.6) is 0 Å². The predicted octanol–water partition coefficient (Wildman–Crippen LogP) is 3.45. The van der Waals surface area contributed by atoms with E-state index in [0.717, 1.165) is 6.42 Å². The molecule has 0 bridgehead atoms. The fourth-order valence-corrected chi connectivity index (χ4v) is 2.03. The van der Waals surface area contributed by atoms with Gasteiger partial charge >= 0.3 is 0 Å². The van der Waals surface area contributed by atoms with Crippen LogP contribution in [-0.2, 0) is 0 Å². The van der Waals surface area contributed by atoms with E-state index < -0.39 is 0 Å². The summed E-state index contributed by atoms with van der Waals surface area (Å²) in [6.45, 7) is 3.95. The Kier molecular flexibility index (Phi) is 4.88. The van der Waals surface area contributed by atoms with Gasteiger partial charge in [0.1, 0.15) is 0 Å². The van der Waals surface area contributed by atoms with Crippen molar-refractivity contribution in [1.82, 2.24) is 5.32 Å². The lowest BCUT2D eigenvalue weighted by molar-refractivity contribution is 0.0929. The molecule has 0 aliphatic carbocycles. The molecule has 0 saturated heterocycles. The maximum atomic E-state index is 12.5. The maximum Gasteiger partial charge on any atom is 0.252 e. The first-order chi connectivity index (χ1) is 10.1. The lowest BCUT2D eigenvalue weighted by Crippen LogP contribution is -2.33. The first-order valence-electron chi connectivity index (χ1n) is 7.13. The number of carbonyl (C=O) groups excluding carboxylic acids is 2. The monoisotopic (exact) mass is 281 g/mol. The Balaban J connectivity index is 2.33. The van der Waals surface area contributed by atoms with Gasteiger partial charge in [0.05, 0.1) is 5.56 Å². The molecule has 0 spiro atoms. The molecule has 2 rings (SSSR count). The summed E-state index contributed by atoms with van der Waals surface area (Å²) in [5.74, 6) is -0.338. The van der Waals surface area contributed by atoms with Crippen LogP contribution < -0.4 is 5.32 Å². The van der Waals surface area contributed by atoms with E-state index >= 15 is 0 Å². The topological polar surface area (TPSA) is 46.2 Å². The van der Waals surface area contributed by atoms with E-state index in [4.69, 9.17) is 0 Å². The molecule has 0 fully saturated rings. The lowest BCUT2D eigenvalue weighted by Gasteiger charge is -2.13. The van der Waals surface area contributed by atoms with E-state index in [9.17, 15) is 9.59 Å². The van der Waals surface area contributed by atoms with Crippen molar-refractivity contribution in [2.75, 3.05) is 0 Å². The van der Waals surface area contributed by atoms with Crippen molar-refractivity contribution in [3.63, 3.8) is 0 Å². The largest absolute Gasteiger partial charge is 0.350 e. The number of nitrogens with one attached hydrogen (secondary N) is 1. The van der Waals surface area contributed by atoms with Crippen LogP contribution in [0.4, 0.5) is 0 Å². The summed E-state index contributed by atoms with van der Waals surface area (Å²) in [7, 11) is 0. The SMILES string of the molecule is CC[C@@H](C)NC(=O)c1ccccc1C(=O)c1ccccc1. The molecule has 0 aromatic heterocycles. The summed E-state index contributed by atoms with van der Waals surface area (Å²) in [5, 5.41) is 2.90. The molecular weight excluding hydrogens is 262 g/mol. The van der Waals surface area contributed by atoms with Gasteiger partial charge in [-0.25, -0.2) is 0 Å². The highest BCUT2D eigenvalue weighted by molar-refractivity contribution is 6.15. The minimum Gasteiger partial charge on any atom is -0.350 e. The number of hydrogen-bond acceptors (Lipinski definition) is 2. The van der Waals surface area contributed by atoms with Gasteiger partial charge in [0, 0.05) is 17.2 Å². The summed E-state index contributed by atoms with van der Waals surface area (Å²) in [6, 6.07) is 16.0. The van der Waals surface area contributed by atoms with Gasteiger partial charge in [-0.3, -0.25) is 9.59 Å². The molecular formula is C18H19NO2. The Morgan fingerprint density at radius 3 is 2.14 bits per heavy atom. The number of benzene rings is 2.